The summed E-state index contributed by atoms with van der Waals surface area (Å²) >= 11 is 0. The second-order valence-corrected chi connectivity index (χ2v) is 14.4. The highest BCUT2D eigenvalue weighted by Gasteiger charge is 2.31. The number of aliphatic hydroxyl groups excluding tert-OH is 1. The fraction of sp³-hybridized carbons (Fsp3) is 0.459. The van der Waals surface area contributed by atoms with Crippen LogP contribution in [0.3, 0.4) is 0 Å². The summed E-state index contributed by atoms with van der Waals surface area (Å²) in [5, 5.41) is 10.2. The van der Waals surface area contributed by atoms with Crippen molar-refractivity contribution in [2.45, 2.75) is 69.6 Å². The average Bonchev–Trinajstić information content (AvgIpc) is 3.09. The Bertz CT molecular complexity index is 1640. The minimum atomic E-state index is -3.99. The Kier molecular flexibility index (Phi) is 13.5. The van der Waals surface area contributed by atoms with E-state index in [1.807, 2.05) is 44.2 Å². The van der Waals surface area contributed by atoms with Crippen LogP contribution < -0.4 is 14.2 Å². The van der Waals surface area contributed by atoms with Crippen molar-refractivity contribution in [1.29, 1.82) is 0 Å². The van der Waals surface area contributed by atoms with Gasteiger partial charge in [0, 0.05) is 38.3 Å². The van der Waals surface area contributed by atoms with E-state index in [2.05, 4.69) is 4.72 Å². The molecule has 3 aromatic carbocycles. The molecule has 11 nitrogen and oxygen atoms in total. The third kappa shape index (κ3) is 10.4. The molecule has 0 bridgehead atoms. The minimum absolute atomic E-state index is 0.0344. The number of carbonyl (C=O) groups excluding carboxylic acids is 2. The van der Waals surface area contributed by atoms with Gasteiger partial charge in [0.1, 0.15) is 11.5 Å². The van der Waals surface area contributed by atoms with Crippen molar-refractivity contribution in [3.63, 3.8) is 0 Å². The maximum absolute atomic E-state index is 14.4. The van der Waals surface area contributed by atoms with Crippen molar-refractivity contribution in [3.05, 3.63) is 83.9 Å². The molecule has 4 rings (SSSR count). The molecule has 0 unspecified atom stereocenters. The van der Waals surface area contributed by atoms with Crippen molar-refractivity contribution in [3.8, 4) is 11.5 Å². The van der Waals surface area contributed by atoms with Gasteiger partial charge in [-0.3, -0.25) is 14.3 Å². The molecule has 0 fully saturated rings. The predicted octanol–water partition coefficient (Wildman–Crippen LogP) is 4.99. The molecule has 266 valence electrons. The normalized spacial score (nSPS) is 19.9. The van der Waals surface area contributed by atoms with Gasteiger partial charge in [0.05, 0.1) is 48.8 Å². The summed E-state index contributed by atoms with van der Waals surface area (Å²) in [5.41, 5.74) is 1.28. The van der Waals surface area contributed by atoms with Crippen LogP contribution in [0.15, 0.2) is 77.7 Å². The van der Waals surface area contributed by atoms with Gasteiger partial charge in [0.25, 0.3) is 15.9 Å². The third-order valence-electron chi connectivity index (χ3n) is 8.75. The van der Waals surface area contributed by atoms with Crippen molar-refractivity contribution in [2.75, 3.05) is 45.2 Å². The first-order chi connectivity index (χ1) is 23.4. The summed E-state index contributed by atoms with van der Waals surface area (Å²) in [7, 11) is -0.733. The lowest BCUT2D eigenvalue weighted by Crippen LogP contribution is -2.48. The first-order valence-corrected chi connectivity index (χ1v) is 18.2. The molecule has 0 aliphatic carbocycles. The van der Waals surface area contributed by atoms with Crippen LogP contribution in [0.1, 0.15) is 56.0 Å². The number of rotatable bonds is 10. The number of hydrogen-bond acceptors (Lipinski definition) is 8. The quantitative estimate of drug-likeness (QED) is 0.303. The number of carbonyl (C=O) groups is 2. The molecular weight excluding hydrogens is 646 g/mol. The number of aliphatic hydroxyl groups is 1. The van der Waals surface area contributed by atoms with Gasteiger partial charge in [-0.05, 0) is 81.1 Å². The molecule has 49 heavy (non-hydrogen) atoms. The lowest BCUT2D eigenvalue weighted by atomic mass is 10.0. The molecule has 0 radical (unpaired) electrons. The van der Waals surface area contributed by atoms with Gasteiger partial charge in [-0.2, -0.15) is 0 Å². The van der Waals surface area contributed by atoms with Crippen LogP contribution in [-0.2, 0) is 26.0 Å². The molecule has 0 spiro atoms. The number of methoxy groups -OCH3 is 1. The number of benzene rings is 3. The Labute approximate surface area is 290 Å². The van der Waals surface area contributed by atoms with Crippen LogP contribution in [0.25, 0.3) is 0 Å². The van der Waals surface area contributed by atoms with E-state index in [4.69, 9.17) is 14.2 Å². The Morgan fingerprint density at radius 2 is 1.80 bits per heavy atom. The van der Waals surface area contributed by atoms with Crippen molar-refractivity contribution >= 4 is 27.5 Å². The highest BCUT2D eigenvalue weighted by Crippen LogP contribution is 2.30. The number of likely N-dealkylation sites (N-methyl/N-ethyl adjacent to an activating group) is 1. The highest BCUT2D eigenvalue weighted by molar-refractivity contribution is 7.92. The summed E-state index contributed by atoms with van der Waals surface area (Å²) < 4.78 is 46.9. The standard InChI is InChI=1S/C37H49N3O8S/c1-26-23-40(27(2)25-41)37(43)33-22-30(38-49(44,45)32-17-15-31(46-5)16-18-32)14-19-34(33)48-28(3)11-9-10-20-47-35(26)24-39(4)36(42)21-29-12-7-6-8-13-29/h6-8,12-19,22,26-28,35,38,41H,9-11,20-21,23-25H2,1-5H3/t26-,27+,28-,35+/m1/s1. The van der Waals surface area contributed by atoms with Crippen LogP contribution in [0.4, 0.5) is 5.69 Å². The molecule has 1 aliphatic heterocycles. The third-order valence-corrected chi connectivity index (χ3v) is 10.1. The van der Waals surface area contributed by atoms with Crippen LogP contribution in [0.5, 0.6) is 11.5 Å². The van der Waals surface area contributed by atoms with Gasteiger partial charge in [-0.1, -0.05) is 37.3 Å². The van der Waals surface area contributed by atoms with Crippen molar-refractivity contribution in [1.82, 2.24) is 9.80 Å². The SMILES string of the molecule is COc1ccc(S(=O)(=O)Nc2ccc3c(c2)C(=O)N([C@@H](C)CO)C[C@@H](C)[C@H](CN(C)C(=O)Cc2ccccc2)OCCCC[C@@H](C)O3)cc1. The number of anilines is 1. The van der Waals surface area contributed by atoms with E-state index in [1.54, 1.807) is 48.0 Å². The second kappa shape index (κ2) is 17.5. The first kappa shape index (κ1) is 37.7. The van der Waals surface area contributed by atoms with Crippen LogP contribution in [0.2, 0.25) is 0 Å². The smallest absolute Gasteiger partial charge is 0.261 e. The summed E-state index contributed by atoms with van der Waals surface area (Å²) in [6, 6.07) is 19.6. The molecule has 3 aromatic rings. The van der Waals surface area contributed by atoms with E-state index >= 15 is 0 Å². The van der Waals surface area contributed by atoms with Crippen LogP contribution >= 0.6 is 0 Å². The second-order valence-electron chi connectivity index (χ2n) is 12.7. The molecule has 4 atom stereocenters. The molecular formula is C37H49N3O8S. The molecule has 2 amide bonds. The maximum Gasteiger partial charge on any atom is 0.261 e. The van der Waals surface area contributed by atoms with Crippen LogP contribution in [0, 0.1) is 5.92 Å². The number of amides is 2. The zero-order chi connectivity index (χ0) is 35.6. The summed E-state index contributed by atoms with van der Waals surface area (Å²) in [4.78, 5) is 30.8. The van der Waals surface area contributed by atoms with E-state index in [1.165, 1.54) is 25.3 Å². The van der Waals surface area contributed by atoms with Gasteiger partial charge >= 0.3 is 0 Å². The van der Waals surface area contributed by atoms with E-state index in [0.717, 1.165) is 18.4 Å². The Morgan fingerprint density at radius 3 is 2.47 bits per heavy atom. The van der Waals surface area contributed by atoms with E-state index in [-0.39, 0.29) is 59.8 Å². The zero-order valence-corrected chi connectivity index (χ0v) is 29.8. The number of nitrogens with one attached hydrogen (secondary N) is 1. The lowest BCUT2D eigenvalue weighted by molar-refractivity contribution is -0.131. The van der Waals surface area contributed by atoms with E-state index < -0.39 is 22.0 Å². The fourth-order valence-corrected chi connectivity index (χ4v) is 6.74. The Hall–Kier alpha value is -4.13. The first-order valence-electron chi connectivity index (χ1n) is 16.7. The number of fused-ring (bicyclic) bond motifs is 1. The molecule has 12 heteroatoms. The summed E-state index contributed by atoms with van der Waals surface area (Å²) in [5.74, 6) is 0.150. The number of nitrogens with zero attached hydrogens (tertiary/aromatic N) is 2. The van der Waals surface area contributed by atoms with Gasteiger partial charge in [0.2, 0.25) is 5.91 Å². The molecule has 1 heterocycles. The topological polar surface area (TPSA) is 135 Å². The zero-order valence-electron chi connectivity index (χ0n) is 29.0. The van der Waals surface area contributed by atoms with Gasteiger partial charge in [-0.25, -0.2) is 8.42 Å². The predicted molar refractivity (Wildman–Crippen MR) is 188 cm³/mol. The molecule has 0 saturated heterocycles. The van der Waals surface area contributed by atoms with Crippen LogP contribution in [-0.4, -0.2) is 93.8 Å². The number of sulfonamides is 1. The van der Waals surface area contributed by atoms with E-state index in [0.29, 0.717) is 31.1 Å². The number of hydrogen-bond donors (Lipinski definition) is 2. The lowest BCUT2D eigenvalue weighted by Gasteiger charge is -2.36. The van der Waals surface area contributed by atoms with Crippen molar-refractivity contribution < 1.29 is 37.3 Å². The van der Waals surface area contributed by atoms with Gasteiger partial charge in [0.15, 0.2) is 0 Å². The molecule has 1 aliphatic rings. The largest absolute Gasteiger partial charge is 0.497 e. The molecule has 2 N–H and O–H groups in total. The molecule has 0 aromatic heterocycles. The number of ether oxygens (including phenoxy) is 3. The Morgan fingerprint density at radius 1 is 1.08 bits per heavy atom. The Balaban J connectivity index is 1.63. The van der Waals surface area contributed by atoms with E-state index in [9.17, 15) is 23.1 Å². The van der Waals surface area contributed by atoms with Crippen molar-refractivity contribution in [2.24, 2.45) is 5.92 Å². The average molecular weight is 696 g/mol. The minimum Gasteiger partial charge on any atom is -0.497 e. The van der Waals surface area contributed by atoms with Gasteiger partial charge in [-0.15, -0.1) is 0 Å². The fourth-order valence-electron chi connectivity index (χ4n) is 5.69. The maximum atomic E-state index is 14.4. The molecule has 0 saturated carbocycles. The highest BCUT2D eigenvalue weighted by atomic mass is 32.2. The monoisotopic (exact) mass is 695 g/mol. The summed E-state index contributed by atoms with van der Waals surface area (Å²) in [6.45, 7) is 6.37. The van der Waals surface area contributed by atoms with Gasteiger partial charge < -0.3 is 29.1 Å². The summed E-state index contributed by atoms with van der Waals surface area (Å²) in [6.07, 6.45) is 1.95.